The smallest absolute Gasteiger partial charge is 0.340 e. The van der Waals surface area contributed by atoms with E-state index in [2.05, 4.69) is 27.9 Å². The third-order valence-corrected chi connectivity index (χ3v) is 7.57. The van der Waals surface area contributed by atoms with Crippen molar-refractivity contribution in [2.75, 3.05) is 10.2 Å². The number of amides is 3. The lowest BCUT2D eigenvalue weighted by Gasteiger charge is -2.35. The van der Waals surface area contributed by atoms with Crippen LogP contribution in [0.15, 0.2) is 72.8 Å². The molecular weight excluding hydrogens is 571 g/mol. The van der Waals surface area contributed by atoms with Crippen LogP contribution < -0.4 is 10.2 Å². The number of esters is 1. The van der Waals surface area contributed by atoms with E-state index in [-0.39, 0.29) is 17.7 Å². The number of nitrogens with zero attached hydrogens (tertiary/aromatic N) is 1. The summed E-state index contributed by atoms with van der Waals surface area (Å²) in [6.07, 6.45) is 3.43. The molecule has 3 aromatic rings. The normalized spacial score (nSPS) is 16.4. The Kier molecular flexibility index (Phi) is 6.61. The van der Waals surface area contributed by atoms with Gasteiger partial charge in [0.05, 0.1) is 22.4 Å². The summed E-state index contributed by atoms with van der Waals surface area (Å²) in [6, 6.07) is 20.3. The van der Waals surface area contributed by atoms with Gasteiger partial charge < -0.3 is 10.1 Å². The fourth-order valence-corrected chi connectivity index (χ4v) is 5.33. The molecule has 0 aromatic heterocycles. The van der Waals surface area contributed by atoms with Crippen molar-refractivity contribution in [3.8, 4) is 0 Å². The molecule has 7 nitrogen and oxygen atoms in total. The van der Waals surface area contributed by atoms with Crippen LogP contribution in [0.2, 0.25) is 0 Å². The van der Waals surface area contributed by atoms with Gasteiger partial charge in [0.15, 0.2) is 5.60 Å². The highest BCUT2D eigenvalue weighted by atomic mass is 127. The Morgan fingerprint density at radius 3 is 2.00 bits per heavy atom. The third-order valence-electron chi connectivity index (χ3n) is 6.63. The molecule has 3 aromatic carbocycles. The summed E-state index contributed by atoms with van der Waals surface area (Å²) in [5, 5.41) is 2.87. The lowest BCUT2D eigenvalue weighted by atomic mass is 9.83. The molecule has 1 fully saturated rings. The maximum Gasteiger partial charge on any atom is 0.340 e. The molecule has 3 amide bonds. The number of benzene rings is 3. The van der Waals surface area contributed by atoms with E-state index in [1.165, 1.54) is 0 Å². The second kappa shape index (κ2) is 9.85. The van der Waals surface area contributed by atoms with Crippen LogP contribution in [0.4, 0.5) is 11.4 Å². The van der Waals surface area contributed by atoms with Crippen molar-refractivity contribution >= 4 is 57.7 Å². The van der Waals surface area contributed by atoms with E-state index in [1.54, 1.807) is 60.7 Å². The van der Waals surface area contributed by atoms with Crippen molar-refractivity contribution in [2.24, 2.45) is 0 Å². The summed E-state index contributed by atoms with van der Waals surface area (Å²) >= 11 is 2.08. The van der Waals surface area contributed by atoms with Crippen LogP contribution in [-0.4, -0.2) is 29.3 Å². The number of hydrogen-bond acceptors (Lipinski definition) is 5. The highest BCUT2D eigenvalue weighted by Gasteiger charge is 2.44. The molecule has 0 unspecified atom stereocenters. The minimum atomic E-state index is -1.25. The monoisotopic (exact) mass is 594 g/mol. The standard InChI is InChI=1S/C28H23IN2O5/c29-23-11-5-4-10-22(23)26(34)36-28(16-6-1-7-17-28)27(35)30-18-12-14-19(15-13-18)31-24(32)20-8-2-3-9-21(20)25(31)33/h2-5,8-15H,1,6-7,16-17H2,(H,30,35). The molecule has 8 heteroatoms. The van der Waals surface area contributed by atoms with Crippen molar-refractivity contribution < 1.29 is 23.9 Å². The van der Waals surface area contributed by atoms with Crippen molar-refractivity contribution in [1.82, 2.24) is 0 Å². The number of anilines is 2. The zero-order valence-corrected chi connectivity index (χ0v) is 21.5. The quantitative estimate of drug-likeness (QED) is 0.236. The Morgan fingerprint density at radius 1 is 0.806 bits per heavy atom. The summed E-state index contributed by atoms with van der Waals surface area (Å²) in [5.41, 5.74) is 0.812. The van der Waals surface area contributed by atoms with Crippen LogP contribution in [0, 0.1) is 3.57 Å². The molecule has 182 valence electrons. The summed E-state index contributed by atoms with van der Waals surface area (Å²) < 4.78 is 6.65. The summed E-state index contributed by atoms with van der Waals surface area (Å²) in [5.74, 6) is -1.65. The van der Waals surface area contributed by atoms with E-state index < -0.39 is 11.6 Å². The van der Waals surface area contributed by atoms with E-state index in [0.29, 0.717) is 40.9 Å². The minimum Gasteiger partial charge on any atom is -0.445 e. The number of ether oxygens (including phenoxy) is 1. The fourth-order valence-electron chi connectivity index (χ4n) is 4.72. The van der Waals surface area contributed by atoms with Crippen LogP contribution in [0.1, 0.15) is 63.2 Å². The number of imide groups is 1. The first-order valence-corrected chi connectivity index (χ1v) is 12.8. The van der Waals surface area contributed by atoms with Gasteiger partial charge in [-0.3, -0.25) is 14.4 Å². The first-order valence-electron chi connectivity index (χ1n) is 11.8. The van der Waals surface area contributed by atoms with Crippen molar-refractivity contribution in [2.45, 2.75) is 37.7 Å². The number of carbonyl (C=O) groups excluding carboxylic acids is 4. The first-order chi connectivity index (χ1) is 17.4. The van der Waals surface area contributed by atoms with Crippen LogP contribution in [0.3, 0.4) is 0 Å². The number of halogens is 1. The Labute approximate surface area is 222 Å². The third kappa shape index (κ3) is 4.41. The van der Waals surface area contributed by atoms with E-state index in [1.807, 2.05) is 12.1 Å². The van der Waals surface area contributed by atoms with Crippen molar-refractivity contribution in [1.29, 1.82) is 0 Å². The molecule has 1 aliphatic heterocycles. The number of hydrogen-bond donors (Lipinski definition) is 1. The molecule has 1 N–H and O–H groups in total. The predicted molar refractivity (Wildman–Crippen MR) is 143 cm³/mol. The van der Waals surface area contributed by atoms with Gasteiger partial charge in [-0.2, -0.15) is 0 Å². The van der Waals surface area contributed by atoms with E-state index in [9.17, 15) is 19.2 Å². The molecule has 0 spiro atoms. The minimum absolute atomic E-state index is 0.369. The van der Waals surface area contributed by atoms with E-state index >= 15 is 0 Å². The van der Waals surface area contributed by atoms with Crippen LogP contribution in [0.25, 0.3) is 0 Å². The number of rotatable bonds is 5. The fraction of sp³-hybridized carbons (Fsp3) is 0.214. The molecule has 0 saturated heterocycles. The number of fused-ring (bicyclic) bond motifs is 1. The first kappa shape index (κ1) is 24.2. The average molecular weight is 594 g/mol. The highest BCUT2D eigenvalue weighted by Crippen LogP contribution is 2.35. The summed E-state index contributed by atoms with van der Waals surface area (Å²) in [7, 11) is 0. The summed E-state index contributed by atoms with van der Waals surface area (Å²) in [6.45, 7) is 0. The largest absolute Gasteiger partial charge is 0.445 e. The number of carbonyl (C=O) groups is 4. The van der Waals surface area contributed by atoms with Gasteiger partial charge in [-0.15, -0.1) is 0 Å². The zero-order valence-electron chi connectivity index (χ0n) is 19.3. The molecule has 36 heavy (non-hydrogen) atoms. The lowest BCUT2D eigenvalue weighted by molar-refractivity contribution is -0.138. The van der Waals surface area contributed by atoms with Crippen LogP contribution >= 0.6 is 22.6 Å². The molecule has 0 atom stereocenters. The van der Waals surface area contributed by atoms with Crippen molar-refractivity contribution in [3.63, 3.8) is 0 Å². The van der Waals surface area contributed by atoms with Crippen LogP contribution in [-0.2, 0) is 9.53 Å². The van der Waals surface area contributed by atoms with E-state index in [0.717, 1.165) is 27.7 Å². The second-order valence-electron chi connectivity index (χ2n) is 8.92. The van der Waals surface area contributed by atoms with Gasteiger partial charge in [-0.25, -0.2) is 9.69 Å². The maximum atomic E-state index is 13.4. The number of nitrogens with one attached hydrogen (secondary N) is 1. The van der Waals surface area contributed by atoms with E-state index in [4.69, 9.17) is 4.74 Å². The molecule has 0 bridgehead atoms. The molecule has 1 saturated carbocycles. The molecule has 5 rings (SSSR count). The molecular formula is C28H23IN2O5. The average Bonchev–Trinajstić information content (AvgIpc) is 3.15. The van der Waals surface area contributed by atoms with Gasteiger partial charge in [0.25, 0.3) is 17.7 Å². The predicted octanol–water partition coefficient (Wildman–Crippen LogP) is 5.59. The topological polar surface area (TPSA) is 92.8 Å². The maximum absolute atomic E-state index is 13.4. The Balaban J connectivity index is 1.33. The van der Waals surface area contributed by atoms with Crippen molar-refractivity contribution in [3.05, 3.63) is 93.1 Å². The van der Waals surface area contributed by atoms with Gasteiger partial charge >= 0.3 is 5.97 Å². The lowest BCUT2D eigenvalue weighted by Crippen LogP contribution is -2.48. The molecule has 1 aliphatic carbocycles. The van der Waals surface area contributed by atoms with Gasteiger partial charge in [0.1, 0.15) is 0 Å². The molecule has 1 heterocycles. The second-order valence-corrected chi connectivity index (χ2v) is 10.1. The SMILES string of the molecule is O=C(OC1(C(=O)Nc2ccc(N3C(=O)c4ccccc4C3=O)cc2)CCCCC1)c1ccccc1I. The van der Waals surface area contributed by atoms with Crippen LogP contribution in [0.5, 0.6) is 0 Å². The Morgan fingerprint density at radius 2 is 1.39 bits per heavy atom. The van der Waals surface area contributed by atoms with Gasteiger partial charge in [0, 0.05) is 9.26 Å². The zero-order chi connectivity index (χ0) is 25.3. The molecule has 0 radical (unpaired) electrons. The van der Waals surface area contributed by atoms with Gasteiger partial charge in [-0.1, -0.05) is 30.7 Å². The summed E-state index contributed by atoms with van der Waals surface area (Å²) in [4.78, 5) is 53.0. The highest BCUT2D eigenvalue weighted by molar-refractivity contribution is 14.1. The Bertz CT molecular complexity index is 1330. The molecule has 2 aliphatic rings. The van der Waals surface area contributed by atoms with Gasteiger partial charge in [0.2, 0.25) is 0 Å². The Hall–Kier alpha value is -3.53. The van der Waals surface area contributed by atoms with Gasteiger partial charge in [-0.05, 0) is 96.8 Å².